The molecule has 2 heterocycles. The van der Waals surface area contributed by atoms with Gasteiger partial charge in [0.25, 0.3) is 11.8 Å². The van der Waals surface area contributed by atoms with E-state index in [1.165, 1.54) is 0 Å². The molecule has 210 valence electrons. The molecule has 1 aliphatic heterocycles. The number of fused-ring (bicyclic) bond motifs is 1. The molecular formula is C33H34N4O4. The smallest absolute Gasteiger partial charge is 0.258 e. The first-order chi connectivity index (χ1) is 19.9. The summed E-state index contributed by atoms with van der Waals surface area (Å²) in [5.41, 5.74) is 2.50. The third-order valence-electron chi connectivity index (χ3n) is 6.88. The van der Waals surface area contributed by atoms with Gasteiger partial charge in [-0.1, -0.05) is 36.4 Å². The van der Waals surface area contributed by atoms with Crippen molar-refractivity contribution in [1.82, 2.24) is 14.8 Å². The van der Waals surface area contributed by atoms with Crippen molar-refractivity contribution in [3.63, 3.8) is 0 Å². The van der Waals surface area contributed by atoms with Crippen molar-refractivity contribution in [3.05, 3.63) is 114 Å². The van der Waals surface area contributed by atoms with E-state index in [1.54, 1.807) is 42.7 Å². The summed E-state index contributed by atoms with van der Waals surface area (Å²) in [4.78, 5) is 34.5. The molecule has 0 fully saturated rings. The molecule has 8 nitrogen and oxygen atoms in total. The topological polar surface area (TPSA) is 84.0 Å². The van der Waals surface area contributed by atoms with Crippen LogP contribution < -0.4 is 14.8 Å². The number of carbonyl (C=O) groups is 2. The van der Waals surface area contributed by atoms with Gasteiger partial charge in [0.05, 0.1) is 17.8 Å². The van der Waals surface area contributed by atoms with Crippen LogP contribution in [0.2, 0.25) is 0 Å². The van der Waals surface area contributed by atoms with E-state index >= 15 is 0 Å². The van der Waals surface area contributed by atoms with E-state index in [-0.39, 0.29) is 24.0 Å². The fourth-order valence-electron chi connectivity index (χ4n) is 4.84. The second-order valence-electron chi connectivity index (χ2n) is 10.4. The Balaban J connectivity index is 1.31. The first-order valence-electron chi connectivity index (χ1n) is 13.7. The molecule has 0 unspecified atom stereocenters. The Bertz CT molecular complexity index is 1480. The first kappa shape index (κ1) is 27.9. The molecule has 41 heavy (non-hydrogen) atoms. The lowest BCUT2D eigenvalue weighted by atomic mass is 10.1. The number of pyridine rings is 1. The van der Waals surface area contributed by atoms with E-state index in [9.17, 15) is 9.59 Å². The summed E-state index contributed by atoms with van der Waals surface area (Å²) < 4.78 is 12.4. The fourth-order valence-corrected chi connectivity index (χ4v) is 4.84. The van der Waals surface area contributed by atoms with Crippen LogP contribution in [-0.2, 0) is 6.54 Å². The molecule has 1 N–H and O–H groups in total. The molecule has 0 saturated carbocycles. The van der Waals surface area contributed by atoms with Gasteiger partial charge in [0, 0.05) is 37.1 Å². The van der Waals surface area contributed by atoms with Crippen molar-refractivity contribution in [2.45, 2.75) is 32.5 Å². The van der Waals surface area contributed by atoms with E-state index < -0.39 is 0 Å². The maximum atomic E-state index is 13.6. The second-order valence-corrected chi connectivity index (χ2v) is 10.4. The zero-order valence-corrected chi connectivity index (χ0v) is 23.5. The number of anilines is 1. The summed E-state index contributed by atoms with van der Waals surface area (Å²) in [5, 5.41) is 2.93. The largest absolute Gasteiger partial charge is 0.484 e. The number of carbonyl (C=O) groups excluding carboxylic acids is 2. The lowest BCUT2D eigenvalue weighted by molar-refractivity contribution is 0.0605. The number of likely N-dealkylation sites (N-methyl/N-ethyl adjacent to an activating group) is 1. The average Bonchev–Trinajstić information content (AvgIpc) is 3.12. The molecule has 8 heteroatoms. The number of rotatable bonds is 9. The molecule has 2 amide bonds. The van der Waals surface area contributed by atoms with Crippen LogP contribution in [0.5, 0.6) is 17.2 Å². The Hall–Kier alpha value is -4.69. The van der Waals surface area contributed by atoms with Crippen molar-refractivity contribution in [2.24, 2.45) is 0 Å². The minimum Gasteiger partial charge on any atom is -0.484 e. The first-order valence-corrected chi connectivity index (χ1v) is 13.7. The number of aromatic nitrogens is 1. The van der Waals surface area contributed by atoms with Gasteiger partial charge in [0.1, 0.15) is 17.6 Å². The van der Waals surface area contributed by atoms with Crippen molar-refractivity contribution in [3.8, 4) is 17.2 Å². The van der Waals surface area contributed by atoms with Crippen LogP contribution in [-0.4, -0.2) is 58.9 Å². The number of benzene rings is 3. The minimum atomic E-state index is -0.313. The second kappa shape index (κ2) is 12.7. The van der Waals surface area contributed by atoms with Gasteiger partial charge in [-0.25, -0.2) is 0 Å². The Labute approximate surface area is 240 Å². The van der Waals surface area contributed by atoms with E-state index in [2.05, 4.69) is 27.3 Å². The highest BCUT2D eigenvalue weighted by Gasteiger charge is 2.32. The SMILES string of the molecule is CC(C)N1C[C@H](CN(C)Cc2ccc(Oc3ccccc3)cc2)Oc2c(NC(=O)c3ccncc3)cccc2C1=O. The number of nitrogens with one attached hydrogen (secondary N) is 1. The summed E-state index contributed by atoms with van der Waals surface area (Å²) in [7, 11) is 2.03. The molecule has 0 saturated heterocycles. The molecule has 1 aliphatic rings. The molecule has 3 aromatic carbocycles. The summed E-state index contributed by atoms with van der Waals surface area (Å²) in [5.74, 6) is 1.55. The summed E-state index contributed by atoms with van der Waals surface area (Å²) in [6.45, 7) is 5.69. The molecule has 0 bridgehead atoms. The zero-order chi connectivity index (χ0) is 28.8. The molecule has 0 radical (unpaired) electrons. The Morgan fingerprint density at radius 1 is 1.00 bits per heavy atom. The maximum Gasteiger partial charge on any atom is 0.258 e. The lowest BCUT2D eigenvalue weighted by Crippen LogP contribution is -2.45. The predicted molar refractivity (Wildman–Crippen MR) is 159 cm³/mol. The molecule has 1 atom stereocenters. The summed E-state index contributed by atoms with van der Waals surface area (Å²) >= 11 is 0. The maximum absolute atomic E-state index is 13.6. The van der Waals surface area contributed by atoms with Crippen LogP contribution in [0.15, 0.2) is 97.3 Å². The van der Waals surface area contributed by atoms with Gasteiger partial charge in [-0.15, -0.1) is 0 Å². The van der Waals surface area contributed by atoms with Crippen LogP contribution in [0.1, 0.15) is 40.1 Å². The number of hydrogen-bond acceptors (Lipinski definition) is 6. The van der Waals surface area contributed by atoms with Crippen LogP contribution in [0, 0.1) is 0 Å². The normalized spacial score (nSPS) is 14.8. The Morgan fingerprint density at radius 2 is 1.71 bits per heavy atom. The molecule has 0 spiro atoms. The van der Waals surface area contributed by atoms with Gasteiger partial charge in [-0.3, -0.25) is 19.5 Å². The van der Waals surface area contributed by atoms with Crippen molar-refractivity contribution >= 4 is 17.5 Å². The fraction of sp³-hybridized carbons (Fsp3) is 0.242. The highest BCUT2D eigenvalue weighted by atomic mass is 16.5. The van der Waals surface area contributed by atoms with Gasteiger partial charge in [0.15, 0.2) is 5.75 Å². The molecular weight excluding hydrogens is 516 g/mol. The summed E-state index contributed by atoms with van der Waals surface area (Å²) in [6.07, 6.45) is 2.82. The quantitative estimate of drug-likeness (QED) is 0.281. The highest BCUT2D eigenvalue weighted by molar-refractivity contribution is 6.07. The monoisotopic (exact) mass is 550 g/mol. The standard InChI is InChI=1S/C33H34N4O4/c1-23(2)37-22-28(21-36(3)20-24-12-14-27(15-13-24)40-26-8-5-4-6-9-26)41-31-29(33(37)39)10-7-11-30(31)35-32(38)25-16-18-34-19-17-25/h4-19,23,28H,20-22H2,1-3H3,(H,35,38)/t28-/m0/s1. The molecule has 1 aromatic heterocycles. The Morgan fingerprint density at radius 3 is 2.41 bits per heavy atom. The van der Waals surface area contributed by atoms with Gasteiger partial charge in [0.2, 0.25) is 0 Å². The van der Waals surface area contributed by atoms with Crippen LogP contribution >= 0.6 is 0 Å². The van der Waals surface area contributed by atoms with E-state index in [0.717, 1.165) is 17.1 Å². The summed E-state index contributed by atoms with van der Waals surface area (Å²) in [6, 6.07) is 26.3. The number of nitrogens with zero attached hydrogens (tertiary/aromatic N) is 3. The van der Waals surface area contributed by atoms with Gasteiger partial charge >= 0.3 is 0 Å². The number of amides is 2. The van der Waals surface area contributed by atoms with Gasteiger partial charge in [-0.2, -0.15) is 0 Å². The number of para-hydroxylation sites is 2. The van der Waals surface area contributed by atoms with E-state index in [4.69, 9.17) is 9.47 Å². The van der Waals surface area contributed by atoms with Crippen LogP contribution in [0.25, 0.3) is 0 Å². The van der Waals surface area contributed by atoms with Crippen molar-refractivity contribution in [2.75, 3.05) is 25.5 Å². The number of ether oxygens (including phenoxy) is 2. The highest BCUT2D eigenvalue weighted by Crippen LogP contribution is 2.34. The van der Waals surface area contributed by atoms with Gasteiger partial charge < -0.3 is 19.7 Å². The molecule has 5 rings (SSSR count). The minimum absolute atomic E-state index is 0.0166. The third kappa shape index (κ3) is 6.91. The number of hydrogen-bond donors (Lipinski definition) is 1. The molecule has 0 aliphatic carbocycles. The Kier molecular flexibility index (Phi) is 8.60. The van der Waals surface area contributed by atoms with Crippen molar-refractivity contribution < 1.29 is 19.1 Å². The lowest BCUT2D eigenvalue weighted by Gasteiger charge is -2.30. The average molecular weight is 551 g/mol. The van der Waals surface area contributed by atoms with E-state index in [1.807, 2.05) is 68.3 Å². The van der Waals surface area contributed by atoms with Crippen molar-refractivity contribution in [1.29, 1.82) is 0 Å². The van der Waals surface area contributed by atoms with Crippen LogP contribution in [0.4, 0.5) is 5.69 Å². The van der Waals surface area contributed by atoms with Crippen LogP contribution in [0.3, 0.4) is 0 Å². The zero-order valence-electron chi connectivity index (χ0n) is 23.5. The third-order valence-corrected chi connectivity index (χ3v) is 6.88. The molecule has 4 aromatic rings. The van der Waals surface area contributed by atoms with Gasteiger partial charge in [-0.05, 0) is 75.0 Å². The van der Waals surface area contributed by atoms with E-state index in [0.29, 0.717) is 42.2 Å². The predicted octanol–water partition coefficient (Wildman–Crippen LogP) is 5.87.